The minimum Gasteiger partial charge on any atom is -0.312 e. The highest BCUT2D eigenvalue weighted by atomic mass is 32.1. The first-order valence-electron chi connectivity index (χ1n) is 5.00. The van der Waals surface area contributed by atoms with Gasteiger partial charge in [0.05, 0.1) is 11.2 Å². The molecule has 0 aliphatic rings. The van der Waals surface area contributed by atoms with E-state index in [-0.39, 0.29) is 0 Å². The number of nitrogens with zero attached hydrogens (tertiary/aromatic N) is 1. The van der Waals surface area contributed by atoms with Crippen molar-refractivity contribution in [2.45, 2.75) is 39.7 Å². The molecule has 1 N–H and O–H groups in total. The van der Waals surface area contributed by atoms with Gasteiger partial charge in [0.2, 0.25) is 0 Å². The highest BCUT2D eigenvalue weighted by Gasteiger charge is 2.03. The molecule has 1 heterocycles. The Morgan fingerprint density at radius 1 is 1.38 bits per heavy atom. The highest BCUT2D eigenvalue weighted by Crippen LogP contribution is 2.14. The molecule has 0 fully saturated rings. The van der Waals surface area contributed by atoms with Gasteiger partial charge in [-0.3, -0.25) is 0 Å². The molecule has 0 spiro atoms. The molecule has 2 nitrogen and oxygen atoms in total. The number of aromatic nitrogens is 1. The lowest BCUT2D eigenvalue weighted by Gasteiger charge is -2.02. The number of hydrogen-bond acceptors (Lipinski definition) is 3. The molecule has 0 saturated heterocycles. The summed E-state index contributed by atoms with van der Waals surface area (Å²) < 4.78 is 0. The number of hydrogen-bond donors (Lipinski definition) is 1. The van der Waals surface area contributed by atoms with Crippen LogP contribution in [0, 0.1) is 0 Å². The zero-order valence-corrected chi connectivity index (χ0v) is 9.28. The second kappa shape index (κ2) is 6.11. The highest BCUT2D eigenvalue weighted by molar-refractivity contribution is 7.09. The van der Waals surface area contributed by atoms with Gasteiger partial charge in [0, 0.05) is 11.4 Å². The summed E-state index contributed by atoms with van der Waals surface area (Å²) in [4.78, 5) is 5.78. The number of nitrogens with one attached hydrogen (secondary N) is 1. The van der Waals surface area contributed by atoms with E-state index < -0.39 is 0 Å². The van der Waals surface area contributed by atoms with E-state index in [1.165, 1.54) is 23.4 Å². The lowest BCUT2D eigenvalue weighted by molar-refractivity contribution is 0.674. The number of rotatable bonds is 6. The van der Waals surface area contributed by atoms with Crippen LogP contribution in [0.1, 0.15) is 37.3 Å². The van der Waals surface area contributed by atoms with Crippen LogP contribution < -0.4 is 5.32 Å². The van der Waals surface area contributed by atoms with Crippen molar-refractivity contribution in [3.63, 3.8) is 0 Å². The molecule has 0 radical (unpaired) electrons. The molecule has 0 aliphatic heterocycles. The van der Waals surface area contributed by atoms with Crippen molar-refractivity contribution >= 4 is 11.3 Å². The molecule has 0 saturated carbocycles. The van der Waals surface area contributed by atoms with Gasteiger partial charge < -0.3 is 5.32 Å². The first-order chi connectivity index (χ1) is 6.38. The molecule has 0 amide bonds. The molecule has 0 aliphatic carbocycles. The van der Waals surface area contributed by atoms with Crippen molar-refractivity contribution in [1.29, 1.82) is 0 Å². The van der Waals surface area contributed by atoms with Gasteiger partial charge in [0.25, 0.3) is 0 Å². The van der Waals surface area contributed by atoms with Crippen molar-refractivity contribution in [3.05, 3.63) is 16.1 Å². The van der Waals surface area contributed by atoms with Crippen LogP contribution in [0.4, 0.5) is 0 Å². The Bertz CT molecular complexity index is 233. The van der Waals surface area contributed by atoms with E-state index in [2.05, 4.69) is 24.1 Å². The first-order valence-corrected chi connectivity index (χ1v) is 5.88. The third kappa shape index (κ3) is 3.44. The summed E-state index contributed by atoms with van der Waals surface area (Å²) in [5.41, 5.74) is 3.24. The Morgan fingerprint density at radius 3 is 2.92 bits per heavy atom. The summed E-state index contributed by atoms with van der Waals surface area (Å²) in [6.45, 7) is 6.48. The molecule has 74 valence electrons. The maximum atomic E-state index is 4.36. The Morgan fingerprint density at radius 2 is 2.23 bits per heavy atom. The lowest BCUT2D eigenvalue weighted by Crippen LogP contribution is -2.13. The Kier molecular flexibility index (Phi) is 5.01. The number of aryl methyl sites for hydroxylation is 1. The van der Waals surface area contributed by atoms with Crippen LogP contribution in [-0.2, 0) is 13.0 Å². The van der Waals surface area contributed by atoms with Gasteiger partial charge in [-0.2, -0.15) is 0 Å². The minimum atomic E-state index is 0.994. The summed E-state index contributed by atoms with van der Waals surface area (Å²) in [5.74, 6) is 0. The van der Waals surface area contributed by atoms with Crippen LogP contribution in [0.5, 0.6) is 0 Å². The molecule has 3 heteroatoms. The fourth-order valence-corrected chi connectivity index (χ4v) is 2.04. The summed E-state index contributed by atoms with van der Waals surface area (Å²) in [6.07, 6.45) is 3.50. The fraction of sp³-hybridized carbons (Fsp3) is 0.700. The maximum absolute atomic E-state index is 4.36. The molecule has 0 bridgehead atoms. The lowest BCUT2D eigenvalue weighted by atomic mass is 10.2. The fourth-order valence-electron chi connectivity index (χ4n) is 1.26. The topological polar surface area (TPSA) is 24.9 Å². The van der Waals surface area contributed by atoms with Gasteiger partial charge in [0.15, 0.2) is 0 Å². The van der Waals surface area contributed by atoms with Gasteiger partial charge in [-0.1, -0.05) is 20.3 Å². The van der Waals surface area contributed by atoms with Gasteiger partial charge in [-0.15, -0.1) is 11.3 Å². The van der Waals surface area contributed by atoms with E-state index in [4.69, 9.17) is 0 Å². The zero-order valence-electron chi connectivity index (χ0n) is 8.47. The van der Waals surface area contributed by atoms with Crippen LogP contribution in [0.25, 0.3) is 0 Å². The minimum absolute atomic E-state index is 0.994. The van der Waals surface area contributed by atoms with Crippen LogP contribution in [0.2, 0.25) is 0 Å². The summed E-state index contributed by atoms with van der Waals surface area (Å²) in [7, 11) is 0. The maximum Gasteiger partial charge on any atom is 0.0798 e. The van der Waals surface area contributed by atoms with Crippen molar-refractivity contribution in [1.82, 2.24) is 10.3 Å². The molecule has 1 aromatic heterocycles. The Labute approximate surface area is 84.4 Å². The van der Waals surface area contributed by atoms with Crippen LogP contribution in [0.15, 0.2) is 5.51 Å². The van der Waals surface area contributed by atoms with E-state index in [1.54, 1.807) is 11.3 Å². The van der Waals surface area contributed by atoms with Crippen LogP contribution >= 0.6 is 11.3 Å². The molecule has 0 atom stereocenters. The average Bonchev–Trinajstić information content (AvgIpc) is 2.54. The molecule has 13 heavy (non-hydrogen) atoms. The van der Waals surface area contributed by atoms with Crippen molar-refractivity contribution in [2.75, 3.05) is 6.54 Å². The van der Waals surface area contributed by atoms with Crippen LogP contribution in [-0.4, -0.2) is 11.5 Å². The summed E-state index contributed by atoms with van der Waals surface area (Å²) in [6, 6.07) is 0. The third-order valence-electron chi connectivity index (χ3n) is 1.92. The molecule has 1 rings (SSSR count). The van der Waals surface area contributed by atoms with Gasteiger partial charge in [0.1, 0.15) is 0 Å². The normalized spacial score (nSPS) is 10.6. The van der Waals surface area contributed by atoms with E-state index in [1.807, 2.05) is 5.51 Å². The van der Waals surface area contributed by atoms with E-state index in [0.29, 0.717) is 0 Å². The zero-order chi connectivity index (χ0) is 9.52. The van der Waals surface area contributed by atoms with Gasteiger partial charge in [-0.05, 0) is 19.4 Å². The average molecular weight is 198 g/mol. The summed E-state index contributed by atoms with van der Waals surface area (Å²) in [5, 5.41) is 3.41. The standard InChI is InChI=1S/C10H18N2S/c1-3-5-9-10(13-8-12-9)7-11-6-4-2/h8,11H,3-7H2,1-2H3. The quantitative estimate of drug-likeness (QED) is 0.711. The Balaban J connectivity index is 2.40. The van der Waals surface area contributed by atoms with Gasteiger partial charge >= 0.3 is 0 Å². The predicted molar refractivity (Wildman–Crippen MR) is 58.1 cm³/mol. The van der Waals surface area contributed by atoms with Crippen molar-refractivity contribution in [2.24, 2.45) is 0 Å². The predicted octanol–water partition coefficient (Wildman–Crippen LogP) is 2.60. The van der Waals surface area contributed by atoms with Crippen molar-refractivity contribution < 1.29 is 0 Å². The van der Waals surface area contributed by atoms with E-state index in [0.717, 1.165) is 19.5 Å². The first kappa shape index (κ1) is 10.7. The molecular weight excluding hydrogens is 180 g/mol. The van der Waals surface area contributed by atoms with E-state index in [9.17, 15) is 0 Å². The smallest absolute Gasteiger partial charge is 0.0798 e. The number of thiazole rings is 1. The second-order valence-corrected chi connectivity index (χ2v) is 4.09. The largest absolute Gasteiger partial charge is 0.312 e. The summed E-state index contributed by atoms with van der Waals surface area (Å²) >= 11 is 1.77. The molecular formula is C10H18N2S. The Hall–Kier alpha value is -0.410. The molecule has 0 unspecified atom stereocenters. The second-order valence-electron chi connectivity index (χ2n) is 3.15. The molecule has 0 aromatic carbocycles. The monoisotopic (exact) mass is 198 g/mol. The SMILES string of the molecule is CCCNCc1scnc1CCC. The van der Waals surface area contributed by atoms with Crippen molar-refractivity contribution in [3.8, 4) is 0 Å². The third-order valence-corrected chi connectivity index (χ3v) is 2.80. The van der Waals surface area contributed by atoms with Crippen LogP contribution in [0.3, 0.4) is 0 Å². The van der Waals surface area contributed by atoms with Gasteiger partial charge in [-0.25, -0.2) is 4.98 Å². The van der Waals surface area contributed by atoms with E-state index >= 15 is 0 Å². The molecule has 1 aromatic rings.